The number of morpholine rings is 2. The smallest absolute Gasteiger partial charge is 0.318 e. The Balaban J connectivity index is 0.836. The van der Waals surface area contributed by atoms with Gasteiger partial charge in [-0.25, -0.2) is 14.6 Å². The van der Waals surface area contributed by atoms with E-state index in [-0.39, 0.29) is 41.9 Å². The molecule has 0 spiro atoms. The summed E-state index contributed by atoms with van der Waals surface area (Å²) in [6.45, 7) is 6.84. The Morgan fingerprint density at radius 3 is 2.02 bits per heavy atom. The van der Waals surface area contributed by atoms with Crippen LogP contribution in [0.15, 0.2) is 60.8 Å². The molecule has 1 saturated carbocycles. The number of ether oxygens (including phenoxy) is 2. The fourth-order valence-corrected chi connectivity index (χ4v) is 9.70. The Bertz CT molecular complexity index is 2010. The SMILES string of the molecule is CCC(NC(=O)N1CCOCC1)C(=O)N1CCCC1C(=O)NC1CCC(c2ccc(-c3cnc(C4CCCN4C(=O)C(NC(=O)N4CCOCC4)c4ccccc4)[nH]3)cc2)CC1. The minimum absolute atomic E-state index is 0.0491. The summed E-state index contributed by atoms with van der Waals surface area (Å²) >= 11 is 0. The maximum Gasteiger partial charge on any atom is 0.318 e. The number of urea groups is 2. The molecule has 4 N–H and O–H groups in total. The van der Waals surface area contributed by atoms with Gasteiger partial charge in [-0.15, -0.1) is 0 Å². The van der Waals surface area contributed by atoms with E-state index >= 15 is 0 Å². The van der Waals surface area contributed by atoms with Gasteiger partial charge in [-0.05, 0) is 80.4 Å². The number of hydrogen-bond donors (Lipinski definition) is 4. The van der Waals surface area contributed by atoms with Gasteiger partial charge in [0.25, 0.3) is 0 Å². The van der Waals surface area contributed by atoms with Crippen molar-refractivity contribution in [2.75, 3.05) is 65.7 Å². The quantitative estimate of drug-likeness (QED) is 0.218. The number of carbonyl (C=O) groups excluding carboxylic acids is 5. The van der Waals surface area contributed by atoms with Crippen LogP contribution >= 0.6 is 0 Å². The first kappa shape index (κ1) is 43.2. The molecular weight excluding hydrogens is 791 g/mol. The highest BCUT2D eigenvalue weighted by Gasteiger charge is 2.40. The highest BCUT2D eigenvalue weighted by Crippen LogP contribution is 2.36. The number of carbonyl (C=O) groups is 5. The van der Waals surface area contributed by atoms with E-state index in [1.54, 1.807) is 14.7 Å². The van der Waals surface area contributed by atoms with Crippen molar-refractivity contribution in [1.29, 1.82) is 0 Å². The third-order valence-corrected chi connectivity index (χ3v) is 13.3. The van der Waals surface area contributed by atoms with Gasteiger partial charge in [0.05, 0.1) is 44.4 Å². The standard InChI is InChI=1S/C46H61N9O7/c1-2-36(50-45(59)52-22-26-61-27-23-52)43(57)55-21-7-11-39(55)42(56)48-35-18-16-32(17-19-35)31-12-14-33(15-13-31)37-30-47-41(49-37)38-10-6-20-54(38)44(58)40(34-8-4-3-5-9-34)51-46(60)53-24-28-62-29-25-53/h3-5,8-9,12-15,30,32,35-36,38-40H,2,6-7,10-11,16-29H2,1H3,(H,47,49)(H,48,56)(H,50,59)(H,51,60). The third kappa shape index (κ3) is 9.91. The summed E-state index contributed by atoms with van der Waals surface area (Å²) in [4.78, 5) is 82.7. The first-order valence-electron chi connectivity index (χ1n) is 22.6. The van der Waals surface area contributed by atoms with Crippen LogP contribution in [0.1, 0.15) is 99.7 Å². The Labute approximate surface area is 363 Å². The number of H-pyrrole nitrogens is 1. The number of nitrogens with zero attached hydrogens (tertiary/aromatic N) is 5. The van der Waals surface area contributed by atoms with Crippen molar-refractivity contribution in [2.24, 2.45) is 0 Å². The predicted octanol–water partition coefficient (Wildman–Crippen LogP) is 4.48. The summed E-state index contributed by atoms with van der Waals surface area (Å²) in [7, 11) is 0. The van der Waals surface area contributed by atoms with Crippen LogP contribution in [0, 0.1) is 0 Å². The lowest BCUT2D eigenvalue weighted by Gasteiger charge is -2.33. The van der Waals surface area contributed by atoms with Crippen LogP contribution < -0.4 is 16.0 Å². The van der Waals surface area contributed by atoms with E-state index in [1.165, 1.54) is 5.56 Å². The number of benzene rings is 2. The Morgan fingerprint density at radius 1 is 0.726 bits per heavy atom. The molecule has 3 aromatic rings. The molecule has 16 heteroatoms. The van der Waals surface area contributed by atoms with Gasteiger partial charge in [-0.2, -0.15) is 0 Å². The molecule has 2 aromatic carbocycles. The Kier molecular flexibility index (Phi) is 14.0. The maximum atomic E-state index is 14.3. The molecule has 62 heavy (non-hydrogen) atoms. The van der Waals surface area contributed by atoms with Crippen molar-refractivity contribution in [3.05, 3.63) is 77.7 Å². The van der Waals surface area contributed by atoms with Crippen molar-refractivity contribution in [1.82, 2.24) is 45.5 Å². The van der Waals surface area contributed by atoms with Crippen LogP contribution in [0.3, 0.4) is 0 Å². The highest BCUT2D eigenvalue weighted by molar-refractivity contribution is 5.92. The number of aromatic nitrogens is 2. The number of amides is 7. The second-order valence-electron chi connectivity index (χ2n) is 17.1. The minimum Gasteiger partial charge on any atom is -0.378 e. The zero-order valence-corrected chi connectivity index (χ0v) is 35.8. The van der Waals surface area contributed by atoms with Gasteiger partial charge in [0, 0.05) is 45.3 Å². The highest BCUT2D eigenvalue weighted by atomic mass is 16.5. The van der Waals surface area contributed by atoms with E-state index in [9.17, 15) is 24.0 Å². The number of aromatic amines is 1. The van der Waals surface area contributed by atoms with E-state index in [1.807, 2.05) is 48.4 Å². The fourth-order valence-electron chi connectivity index (χ4n) is 9.70. The summed E-state index contributed by atoms with van der Waals surface area (Å²) in [5, 5.41) is 9.19. The average molecular weight is 852 g/mol. The van der Waals surface area contributed by atoms with Gasteiger partial charge < -0.3 is 50.0 Å². The summed E-state index contributed by atoms with van der Waals surface area (Å²) in [5.74, 6) is 0.652. The van der Waals surface area contributed by atoms with E-state index in [4.69, 9.17) is 14.5 Å². The van der Waals surface area contributed by atoms with Gasteiger partial charge in [0.2, 0.25) is 17.7 Å². The van der Waals surface area contributed by atoms with Crippen LogP contribution in [0.5, 0.6) is 0 Å². The largest absolute Gasteiger partial charge is 0.378 e. The molecule has 0 bridgehead atoms. The number of imidazole rings is 1. The number of likely N-dealkylation sites (tertiary alicyclic amines) is 2. The lowest BCUT2D eigenvalue weighted by atomic mass is 9.81. The van der Waals surface area contributed by atoms with Crippen molar-refractivity contribution < 1.29 is 33.4 Å². The zero-order chi connectivity index (χ0) is 43.0. The van der Waals surface area contributed by atoms with Gasteiger partial charge in [0.15, 0.2) is 0 Å². The maximum absolute atomic E-state index is 14.3. The van der Waals surface area contributed by atoms with Crippen LogP contribution in [0.2, 0.25) is 0 Å². The molecule has 4 aliphatic heterocycles. The average Bonchev–Trinajstić information content (AvgIpc) is 4.13. The summed E-state index contributed by atoms with van der Waals surface area (Å²) in [6.07, 6.45) is 8.85. The van der Waals surface area contributed by atoms with Gasteiger partial charge in [-0.1, -0.05) is 61.5 Å². The first-order chi connectivity index (χ1) is 30.3. The Hall–Kier alpha value is -5.48. The van der Waals surface area contributed by atoms with Crippen LogP contribution in [0.25, 0.3) is 11.3 Å². The molecule has 5 heterocycles. The lowest BCUT2D eigenvalue weighted by Crippen LogP contribution is -2.56. The first-order valence-corrected chi connectivity index (χ1v) is 22.6. The monoisotopic (exact) mass is 851 g/mol. The van der Waals surface area contributed by atoms with Gasteiger partial charge in [0.1, 0.15) is 23.9 Å². The van der Waals surface area contributed by atoms with Crippen molar-refractivity contribution >= 4 is 29.8 Å². The second-order valence-corrected chi connectivity index (χ2v) is 17.1. The number of rotatable bonds is 11. The third-order valence-electron chi connectivity index (χ3n) is 13.3. The topological polar surface area (TPSA) is 182 Å². The molecule has 8 rings (SSSR count). The molecule has 4 saturated heterocycles. The fraction of sp³-hybridized carbons (Fsp3) is 0.565. The lowest BCUT2D eigenvalue weighted by molar-refractivity contribution is -0.140. The summed E-state index contributed by atoms with van der Waals surface area (Å²) in [5.41, 5.74) is 3.88. The number of nitrogens with one attached hydrogen (secondary N) is 4. The molecule has 16 nitrogen and oxygen atoms in total. The predicted molar refractivity (Wildman–Crippen MR) is 231 cm³/mol. The van der Waals surface area contributed by atoms with E-state index in [0.29, 0.717) is 84.5 Å². The molecule has 4 unspecified atom stereocenters. The van der Waals surface area contributed by atoms with Crippen molar-refractivity contribution in [2.45, 2.75) is 101 Å². The van der Waals surface area contributed by atoms with Crippen LogP contribution in [0.4, 0.5) is 9.59 Å². The molecule has 0 radical (unpaired) electrons. The molecule has 1 aliphatic carbocycles. The normalized spacial score (nSPS) is 24.0. The van der Waals surface area contributed by atoms with Gasteiger partial charge in [-0.3, -0.25) is 14.4 Å². The molecular formula is C46H61N9O7. The molecule has 5 fully saturated rings. The number of hydrogen-bond acceptors (Lipinski definition) is 8. The molecule has 1 aromatic heterocycles. The minimum atomic E-state index is -0.824. The van der Waals surface area contributed by atoms with E-state index < -0.39 is 18.1 Å². The van der Waals surface area contributed by atoms with Crippen LogP contribution in [-0.2, 0) is 23.9 Å². The molecule has 5 aliphatic rings. The van der Waals surface area contributed by atoms with Crippen LogP contribution in [-0.4, -0.2) is 143 Å². The van der Waals surface area contributed by atoms with Crippen molar-refractivity contribution in [3.8, 4) is 11.3 Å². The zero-order valence-electron chi connectivity index (χ0n) is 35.8. The molecule has 332 valence electrons. The van der Waals surface area contributed by atoms with E-state index in [2.05, 4.69) is 45.2 Å². The van der Waals surface area contributed by atoms with E-state index in [0.717, 1.165) is 67.6 Å². The Morgan fingerprint density at radius 2 is 1.35 bits per heavy atom. The summed E-state index contributed by atoms with van der Waals surface area (Å²) < 4.78 is 10.8. The van der Waals surface area contributed by atoms with Gasteiger partial charge >= 0.3 is 12.1 Å². The summed E-state index contributed by atoms with van der Waals surface area (Å²) in [6, 6.07) is 15.2. The second kappa shape index (κ2) is 20.1. The van der Waals surface area contributed by atoms with Crippen molar-refractivity contribution in [3.63, 3.8) is 0 Å². The molecule has 7 amide bonds. The molecule has 4 atom stereocenters.